The highest BCUT2D eigenvalue weighted by atomic mass is 15.2. The Kier molecular flexibility index (Phi) is 2.86. The minimum Gasteiger partial charge on any atom is -0.354 e. The first kappa shape index (κ1) is 10.4. The van der Waals surface area contributed by atoms with Crippen LogP contribution < -0.4 is 10.2 Å². The average molecular weight is 206 g/mol. The van der Waals surface area contributed by atoms with Gasteiger partial charge in [-0.3, -0.25) is 4.98 Å². The summed E-state index contributed by atoms with van der Waals surface area (Å²) in [5, 5.41) is 3.30. The molecule has 1 atom stereocenters. The Morgan fingerprint density at radius 1 is 1.40 bits per heavy atom. The first-order valence-corrected chi connectivity index (χ1v) is 5.43. The number of nitrogens with one attached hydrogen (secondary N) is 1. The topological polar surface area (TPSA) is 41.0 Å². The molecule has 0 aromatic carbocycles. The molecule has 0 aliphatic carbocycles. The summed E-state index contributed by atoms with van der Waals surface area (Å²) < 4.78 is 0. The van der Waals surface area contributed by atoms with E-state index >= 15 is 0 Å². The van der Waals surface area contributed by atoms with E-state index < -0.39 is 0 Å². The highest BCUT2D eigenvalue weighted by Crippen LogP contribution is 2.17. The molecule has 4 heteroatoms. The summed E-state index contributed by atoms with van der Waals surface area (Å²) in [7, 11) is 2.01. The smallest absolute Gasteiger partial charge is 0.147 e. The van der Waals surface area contributed by atoms with E-state index in [0.29, 0.717) is 6.04 Å². The Morgan fingerprint density at radius 2 is 2.20 bits per heavy atom. The van der Waals surface area contributed by atoms with E-state index in [1.807, 2.05) is 27.1 Å². The van der Waals surface area contributed by atoms with Crippen LogP contribution in [0.25, 0.3) is 0 Å². The Bertz CT molecular complexity index is 350. The molecule has 0 radical (unpaired) electrons. The molecule has 1 aromatic heterocycles. The zero-order valence-corrected chi connectivity index (χ0v) is 9.62. The Hall–Kier alpha value is -1.16. The lowest BCUT2D eigenvalue weighted by molar-refractivity contribution is 0.616. The van der Waals surface area contributed by atoms with Gasteiger partial charge in [0.25, 0.3) is 0 Å². The van der Waals surface area contributed by atoms with E-state index in [-0.39, 0.29) is 0 Å². The molecular formula is C11H18N4. The van der Waals surface area contributed by atoms with E-state index in [1.54, 1.807) is 0 Å². The number of hydrogen-bond acceptors (Lipinski definition) is 4. The third-order valence-corrected chi connectivity index (χ3v) is 3.10. The maximum atomic E-state index is 4.56. The monoisotopic (exact) mass is 206 g/mol. The van der Waals surface area contributed by atoms with Gasteiger partial charge in [0.05, 0.1) is 17.6 Å². The number of aromatic nitrogens is 2. The fraction of sp³-hybridized carbons (Fsp3) is 0.636. The normalized spacial score (nSPS) is 21.0. The quantitative estimate of drug-likeness (QED) is 0.780. The molecule has 0 amide bonds. The van der Waals surface area contributed by atoms with Crippen LogP contribution in [-0.4, -0.2) is 36.1 Å². The number of anilines is 1. The van der Waals surface area contributed by atoms with Gasteiger partial charge in [0.15, 0.2) is 0 Å². The molecule has 1 saturated heterocycles. The molecule has 2 rings (SSSR count). The summed E-state index contributed by atoms with van der Waals surface area (Å²) in [4.78, 5) is 11.2. The third-order valence-electron chi connectivity index (χ3n) is 3.10. The SMILES string of the molecule is CNC1CCN(c2cnc(C)c(C)n2)C1. The molecule has 1 aromatic rings. The summed E-state index contributed by atoms with van der Waals surface area (Å²) >= 11 is 0. The molecule has 1 fully saturated rings. The van der Waals surface area contributed by atoms with Crippen molar-refractivity contribution in [2.75, 3.05) is 25.0 Å². The first-order valence-electron chi connectivity index (χ1n) is 5.43. The summed E-state index contributed by atoms with van der Waals surface area (Å²) in [5.41, 5.74) is 2.04. The fourth-order valence-corrected chi connectivity index (χ4v) is 1.89. The van der Waals surface area contributed by atoms with Crippen molar-refractivity contribution in [2.45, 2.75) is 26.3 Å². The van der Waals surface area contributed by atoms with Crippen molar-refractivity contribution in [2.24, 2.45) is 0 Å². The molecule has 1 aliphatic heterocycles. The molecule has 2 heterocycles. The van der Waals surface area contributed by atoms with Gasteiger partial charge in [-0.25, -0.2) is 4.98 Å². The number of nitrogens with zero attached hydrogens (tertiary/aromatic N) is 3. The first-order chi connectivity index (χ1) is 7.20. The number of hydrogen-bond donors (Lipinski definition) is 1. The zero-order valence-electron chi connectivity index (χ0n) is 9.62. The maximum Gasteiger partial charge on any atom is 0.147 e. The molecule has 0 spiro atoms. The molecule has 4 nitrogen and oxygen atoms in total. The Balaban J connectivity index is 2.13. The molecule has 0 saturated carbocycles. The van der Waals surface area contributed by atoms with Gasteiger partial charge in [0.1, 0.15) is 5.82 Å². The van der Waals surface area contributed by atoms with Gasteiger partial charge in [0.2, 0.25) is 0 Å². The van der Waals surface area contributed by atoms with Crippen molar-refractivity contribution in [3.05, 3.63) is 17.6 Å². The van der Waals surface area contributed by atoms with E-state index in [0.717, 1.165) is 30.3 Å². The van der Waals surface area contributed by atoms with Crippen molar-refractivity contribution >= 4 is 5.82 Å². The standard InChI is InChI=1S/C11H18N4/c1-8-9(2)14-11(6-13-8)15-5-4-10(7-15)12-3/h6,10,12H,4-5,7H2,1-3H3. The second kappa shape index (κ2) is 4.14. The fourth-order valence-electron chi connectivity index (χ4n) is 1.89. The maximum absolute atomic E-state index is 4.56. The van der Waals surface area contributed by atoms with Gasteiger partial charge in [-0.2, -0.15) is 0 Å². The molecular weight excluding hydrogens is 188 g/mol. The van der Waals surface area contributed by atoms with E-state index in [9.17, 15) is 0 Å². The van der Waals surface area contributed by atoms with Gasteiger partial charge < -0.3 is 10.2 Å². The van der Waals surface area contributed by atoms with E-state index in [2.05, 4.69) is 20.2 Å². The molecule has 1 unspecified atom stereocenters. The van der Waals surface area contributed by atoms with Crippen LogP contribution in [0.4, 0.5) is 5.82 Å². The minimum absolute atomic E-state index is 0.591. The average Bonchev–Trinajstić information content (AvgIpc) is 2.70. The van der Waals surface area contributed by atoms with Crippen LogP contribution in [0, 0.1) is 13.8 Å². The highest BCUT2D eigenvalue weighted by Gasteiger charge is 2.22. The van der Waals surface area contributed by atoms with Crippen LogP contribution in [0.3, 0.4) is 0 Å². The minimum atomic E-state index is 0.591. The van der Waals surface area contributed by atoms with Crippen LogP contribution in [0.1, 0.15) is 17.8 Å². The lowest BCUT2D eigenvalue weighted by Gasteiger charge is -2.17. The predicted molar refractivity (Wildman–Crippen MR) is 61.2 cm³/mol. The molecule has 1 aliphatic rings. The molecule has 82 valence electrons. The van der Waals surface area contributed by atoms with Gasteiger partial charge in [0, 0.05) is 19.1 Å². The zero-order chi connectivity index (χ0) is 10.8. The van der Waals surface area contributed by atoms with Crippen LogP contribution in [0.5, 0.6) is 0 Å². The van der Waals surface area contributed by atoms with E-state index in [1.165, 1.54) is 6.42 Å². The largest absolute Gasteiger partial charge is 0.354 e. The summed E-state index contributed by atoms with van der Waals surface area (Å²) in [6.45, 7) is 6.11. The van der Waals surface area contributed by atoms with Crippen molar-refractivity contribution in [3.63, 3.8) is 0 Å². The number of aryl methyl sites for hydroxylation is 2. The van der Waals surface area contributed by atoms with Gasteiger partial charge in [-0.1, -0.05) is 0 Å². The summed E-state index contributed by atoms with van der Waals surface area (Å²) in [6, 6.07) is 0.591. The highest BCUT2D eigenvalue weighted by molar-refractivity contribution is 5.39. The van der Waals surface area contributed by atoms with Crippen molar-refractivity contribution in [3.8, 4) is 0 Å². The van der Waals surface area contributed by atoms with Crippen LogP contribution >= 0.6 is 0 Å². The Labute approximate surface area is 90.7 Å². The third kappa shape index (κ3) is 2.09. The number of likely N-dealkylation sites (N-methyl/N-ethyl adjacent to an activating group) is 1. The molecule has 0 bridgehead atoms. The lowest BCUT2D eigenvalue weighted by Crippen LogP contribution is -2.30. The molecule has 15 heavy (non-hydrogen) atoms. The number of rotatable bonds is 2. The van der Waals surface area contributed by atoms with Crippen molar-refractivity contribution in [1.29, 1.82) is 0 Å². The summed E-state index contributed by atoms with van der Waals surface area (Å²) in [6.07, 6.45) is 3.06. The second-order valence-corrected chi connectivity index (χ2v) is 4.12. The van der Waals surface area contributed by atoms with Gasteiger partial charge in [-0.15, -0.1) is 0 Å². The van der Waals surface area contributed by atoms with Crippen LogP contribution in [-0.2, 0) is 0 Å². The van der Waals surface area contributed by atoms with Gasteiger partial charge >= 0.3 is 0 Å². The van der Waals surface area contributed by atoms with Gasteiger partial charge in [-0.05, 0) is 27.3 Å². The van der Waals surface area contributed by atoms with Crippen LogP contribution in [0.15, 0.2) is 6.20 Å². The van der Waals surface area contributed by atoms with E-state index in [4.69, 9.17) is 0 Å². The van der Waals surface area contributed by atoms with Crippen LogP contribution in [0.2, 0.25) is 0 Å². The second-order valence-electron chi connectivity index (χ2n) is 4.12. The lowest BCUT2D eigenvalue weighted by atomic mass is 10.3. The Morgan fingerprint density at radius 3 is 2.80 bits per heavy atom. The predicted octanol–water partition coefficient (Wildman–Crippen LogP) is 0.892. The summed E-state index contributed by atoms with van der Waals surface area (Å²) in [5.74, 6) is 1.01. The molecule has 1 N–H and O–H groups in total. The van der Waals surface area contributed by atoms with Crippen molar-refractivity contribution in [1.82, 2.24) is 15.3 Å². The van der Waals surface area contributed by atoms with Crippen molar-refractivity contribution < 1.29 is 0 Å².